The first kappa shape index (κ1) is 18.3. The summed E-state index contributed by atoms with van der Waals surface area (Å²) in [5.74, 6) is 0. The molecule has 4 heteroatoms. The van der Waals surface area contributed by atoms with Gasteiger partial charge in [0.15, 0.2) is 0 Å². The summed E-state index contributed by atoms with van der Waals surface area (Å²) in [5.41, 5.74) is 2.28. The Labute approximate surface area is 134 Å². The molecule has 0 heterocycles. The summed E-state index contributed by atoms with van der Waals surface area (Å²) in [6, 6.07) is 6.63. The first-order valence-corrected chi connectivity index (χ1v) is 8.19. The van der Waals surface area contributed by atoms with Crippen molar-refractivity contribution in [2.75, 3.05) is 31.6 Å². The zero-order chi connectivity index (χ0) is 15.8. The smallest absolute Gasteiger partial charge is 0.0644 e. The van der Waals surface area contributed by atoms with Crippen LogP contribution in [0.3, 0.4) is 0 Å². The van der Waals surface area contributed by atoms with Gasteiger partial charge >= 0.3 is 0 Å². The van der Waals surface area contributed by atoms with Crippen molar-refractivity contribution in [3.63, 3.8) is 0 Å². The number of likely N-dealkylation sites (N-methyl/N-ethyl adjacent to an activating group) is 1. The summed E-state index contributed by atoms with van der Waals surface area (Å²) in [7, 11) is 2.04. The molecule has 1 unspecified atom stereocenters. The van der Waals surface area contributed by atoms with Crippen LogP contribution in [0.15, 0.2) is 18.2 Å². The Balaban J connectivity index is 2.64. The van der Waals surface area contributed by atoms with Crippen LogP contribution < -0.4 is 10.2 Å². The van der Waals surface area contributed by atoms with Gasteiger partial charge in [-0.05, 0) is 51.4 Å². The normalized spacial score (nSPS) is 12.7. The van der Waals surface area contributed by atoms with Crippen molar-refractivity contribution in [2.24, 2.45) is 0 Å². The van der Waals surface area contributed by atoms with Gasteiger partial charge in [0.05, 0.1) is 23.4 Å². The maximum Gasteiger partial charge on any atom is 0.0644 e. The third kappa shape index (κ3) is 6.25. The molecule has 1 aromatic rings. The SMILES string of the molecule is CCCNC(C)c1ccc(N(C)CCOC(C)C)c(Cl)c1. The Morgan fingerprint density at radius 3 is 2.57 bits per heavy atom. The number of hydrogen-bond acceptors (Lipinski definition) is 3. The van der Waals surface area contributed by atoms with Crippen molar-refractivity contribution >= 4 is 17.3 Å². The fraction of sp³-hybridized carbons (Fsp3) is 0.647. The van der Waals surface area contributed by atoms with Gasteiger partial charge in [-0.15, -0.1) is 0 Å². The third-order valence-electron chi connectivity index (χ3n) is 3.46. The molecule has 0 spiro atoms. The van der Waals surface area contributed by atoms with Gasteiger partial charge in [0.25, 0.3) is 0 Å². The van der Waals surface area contributed by atoms with Gasteiger partial charge in [0.2, 0.25) is 0 Å². The molecule has 0 saturated heterocycles. The summed E-state index contributed by atoms with van der Waals surface area (Å²) in [6.07, 6.45) is 1.40. The van der Waals surface area contributed by atoms with Crippen molar-refractivity contribution in [1.29, 1.82) is 0 Å². The molecule has 1 aromatic carbocycles. The molecule has 0 aromatic heterocycles. The van der Waals surface area contributed by atoms with E-state index in [9.17, 15) is 0 Å². The Morgan fingerprint density at radius 1 is 1.29 bits per heavy atom. The second-order valence-corrected chi connectivity index (χ2v) is 6.13. The van der Waals surface area contributed by atoms with E-state index in [0.29, 0.717) is 12.6 Å². The van der Waals surface area contributed by atoms with Gasteiger partial charge in [-0.3, -0.25) is 0 Å². The van der Waals surface area contributed by atoms with E-state index >= 15 is 0 Å². The van der Waals surface area contributed by atoms with Gasteiger partial charge in [0.1, 0.15) is 0 Å². The van der Waals surface area contributed by atoms with Crippen LogP contribution in [0.4, 0.5) is 5.69 Å². The molecule has 1 rings (SSSR count). The summed E-state index contributed by atoms with van der Waals surface area (Å²) in [4.78, 5) is 2.14. The Morgan fingerprint density at radius 2 is 2.00 bits per heavy atom. The molecule has 0 radical (unpaired) electrons. The highest BCUT2D eigenvalue weighted by molar-refractivity contribution is 6.33. The van der Waals surface area contributed by atoms with E-state index in [-0.39, 0.29) is 6.10 Å². The largest absolute Gasteiger partial charge is 0.377 e. The third-order valence-corrected chi connectivity index (χ3v) is 3.76. The van der Waals surface area contributed by atoms with Crippen LogP contribution in [0, 0.1) is 0 Å². The fourth-order valence-corrected chi connectivity index (χ4v) is 2.46. The van der Waals surface area contributed by atoms with Crippen molar-refractivity contribution in [3.8, 4) is 0 Å². The lowest BCUT2D eigenvalue weighted by Gasteiger charge is -2.22. The number of nitrogens with zero attached hydrogens (tertiary/aromatic N) is 1. The number of anilines is 1. The predicted octanol–water partition coefficient (Wildman–Crippen LogP) is 4.26. The van der Waals surface area contributed by atoms with Gasteiger partial charge in [0, 0.05) is 19.6 Å². The highest BCUT2D eigenvalue weighted by Crippen LogP contribution is 2.28. The molecule has 120 valence electrons. The topological polar surface area (TPSA) is 24.5 Å². The van der Waals surface area contributed by atoms with E-state index in [1.54, 1.807) is 0 Å². The Bertz CT molecular complexity index is 423. The van der Waals surface area contributed by atoms with Crippen molar-refractivity contribution in [2.45, 2.75) is 46.3 Å². The summed E-state index contributed by atoms with van der Waals surface area (Å²) in [6.45, 7) is 11.0. The molecular weight excluding hydrogens is 284 g/mol. The molecule has 0 bridgehead atoms. The summed E-state index contributed by atoms with van der Waals surface area (Å²) >= 11 is 6.43. The van der Waals surface area contributed by atoms with Crippen LogP contribution in [0.2, 0.25) is 5.02 Å². The van der Waals surface area contributed by atoms with Gasteiger partial charge < -0.3 is 15.0 Å². The molecule has 0 aliphatic heterocycles. The number of ether oxygens (including phenoxy) is 1. The number of hydrogen-bond donors (Lipinski definition) is 1. The molecule has 3 nitrogen and oxygen atoms in total. The summed E-state index contributed by atoms with van der Waals surface area (Å²) < 4.78 is 5.59. The maximum atomic E-state index is 6.43. The summed E-state index contributed by atoms with van der Waals surface area (Å²) in [5, 5.41) is 4.27. The van der Waals surface area contributed by atoms with E-state index in [2.05, 4.69) is 42.3 Å². The van der Waals surface area contributed by atoms with Crippen molar-refractivity contribution < 1.29 is 4.74 Å². The van der Waals surface area contributed by atoms with E-state index < -0.39 is 0 Å². The molecular formula is C17H29ClN2O. The lowest BCUT2D eigenvalue weighted by Crippen LogP contribution is -2.24. The molecule has 1 N–H and O–H groups in total. The average molecular weight is 313 g/mol. The number of benzene rings is 1. The van der Waals surface area contributed by atoms with Crippen LogP contribution in [0.5, 0.6) is 0 Å². The Kier molecular flexibility index (Phi) is 8.09. The molecule has 1 atom stereocenters. The fourth-order valence-electron chi connectivity index (χ4n) is 2.13. The molecule has 0 amide bonds. The lowest BCUT2D eigenvalue weighted by molar-refractivity contribution is 0.0846. The minimum atomic E-state index is 0.265. The van der Waals surface area contributed by atoms with Crippen molar-refractivity contribution in [1.82, 2.24) is 5.32 Å². The maximum absolute atomic E-state index is 6.43. The van der Waals surface area contributed by atoms with Crippen LogP contribution in [-0.4, -0.2) is 32.8 Å². The van der Waals surface area contributed by atoms with Crippen LogP contribution in [0.25, 0.3) is 0 Å². The standard InChI is InChI=1S/C17H29ClN2O/c1-6-9-19-14(4)15-7-8-17(16(18)12-15)20(5)10-11-21-13(2)3/h7-8,12-14,19H,6,9-11H2,1-5H3. The highest BCUT2D eigenvalue weighted by atomic mass is 35.5. The van der Waals surface area contributed by atoms with Gasteiger partial charge in [-0.1, -0.05) is 24.6 Å². The monoisotopic (exact) mass is 312 g/mol. The first-order chi connectivity index (χ1) is 9.95. The van der Waals surface area contributed by atoms with Gasteiger partial charge in [-0.2, -0.15) is 0 Å². The minimum absolute atomic E-state index is 0.265. The average Bonchev–Trinajstić information content (AvgIpc) is 2.43. The number of halogens is 1. The molecule has 0 saturated carbocycles. The van der Waals surface area contributed by atoms with Crippen LogP contribution in [0.1, 0.15) is 45.7 Å². The second-order valence-electron chi connectivity index (χ2n) is 5.73. The van der Waals surface area contributed by atoms with E-state index in [0.717, 1.165) is 30.2 Å². The molecule has 21 heavy (non-hydrogen) atoms. The van der Waals surface area contributed by atoms with Crippen LogP contribution in [-0.2, 0) is 4.74 Å². The van der Waals surface area contributed by atoms with Gasteiger partial charge in [-0.25, -0.2) is 0 Å². The number of nitrogens with one attached hydrogen (secondary N) is 1. The zero-order valence-electron chi connectivity index (χ0n) is 13.9. The van der Waals surface area contributed by atoms with E-state index in [1.807, 2.05) is 20.9 Å². The predicted molar refractivity (Wildman–Crippen MR) is 92.5 cm³/mol. The lowest BCUT2D eigenvalue weighted by atomic mass is 10.1. The highest BCUT2D eigenvalue weighted by Gasteiger charge is 2.10. The minimum Gasteiger partial charge on any atom is -0.377 e. The zero-order valence-corrected chi connectivity index (χ0v) is 14.7. The second kappa shape index (κ2) is 9.29. The van der Waals surface area contributed by atoms with Crippen LogP contribution >= 0.6 is 11.6 Å². The van der Waals surface area contributed by atoms with Crippen molar-refractivity contribution in [3.05, 3.63) is 28.8 Å². The van der Waals surface area contributed by atoms with E-state index in [4.69, 9.17) is 16.3 Å². The molecule has 0 aliphatic rings. The molecule has 0 aliphatic carbocycles. The number of rotatable bonds is 9. The Hall–Kier alpha value is -0.770. The quantitative estimate of drug-likeness (QED) is 0.737. The molecule has 0 fully saturated rings. The van der Waals surface area contributed by atoms with E-state index in [1.165, 1.54) is 5.56 Å². The first-order valence-electron chi connectivity index (χ1n) is 7.81.